The van der Waals surface area contributed by atoms with Gasteiger partial charge in [-0.1, -0.05) is 13.8 Å². The van der Waals surface area contributed by atoms with Crippen molar-refractivity contribution in [3.05, 3.63) is 0 Å². The predicted octanol–water partition coefficient (Wildman–Crippen LogP) is 0.464. The molecular formula is C9H15NO3. The molecule has 1 saturated heterocycles. The zero-order valence-electron chi connectivity index (χ0n) is 8.00. The highest BCUT2D eigenvalue weighted by molar-refractivity contribution is 5.94. The van der Waals surface area contributed by atoms with E-state index in [1.807, 2.05) is 0 Å². The van der Waals surface area contributed by atoms with E-state index in [0.29, 0.717) is 12.5 Å². The van der Waals surface area contributed by atoms with E-state index in [0.717, 1.165) is 6.42 Å². The molecular weight excluding hydrogens is 170 g/mol. The summed E-state index contributed by atoms with van der Waals surface area (Å²) in [6.07, 6.45) is 1.15. The number of carbonyl (C=O) groups is 2. The van der Waals surface area contributed by atoms with Gasteiger partial charge in [-0.05, 0) is 12.3 Å². The molecule has 0 saturated carbocycles. The van der Waals surface area contributed by atoms with E-state index in [2.05, 4.69) is 19.2 Å². The zero-order valence-corrected chi connectivity index (χ0v) is 8.00. The number of ether oxygens (including phenoxy) is 1. The van der Waals surface area contributed by atoms with Gasteiger partial charge in [0.05, 0.1) is 13.0 Å². The molecule has 0 spiro atoms. The summed E-state index contributed by atoms with van der Waals surface area (Å²) in [5.74, 6) is 0.148. The monoisotopic (exact) mass is 185 g/mol. The number of β-lactam (4-membered cyclic amide) rings is 1. The van der Waals surface area contributed by atoms with Crippen LogP contribution in [0.15, 0.2) is 0 Å². The molecule has 1 heterocycles. The Kier molecular flexibility index (Phi) is 3.28. The van der Waals surface area contributed by atoms with Crippen molar-refractivity contribution in [1.29, 1.82) is 0 Å². The second-order valence-electron chi connectivity index (χ2n) is 3.67. The van der Waals surface area contributed by atoms with Gasteiger partial charge >= 0.3 is 5.97 Å². The average molecular weight is 185 g/mol. The quantitative estimate of drug-likeness (QED) is 0.511. The van der Waals surface area contributed by atoms with Crippen molar-refractivity contribution in [2.24, 2.45) is 5.92 Å². The first-order chi connectivity index (χ1) is 6.09. The van der Waals surface area contributed by atoms with Crippen LogP contribution in [-0.2, 0) is 14.3 Å². The van der Waals surface area contributed by atoms with Crippen LogP contribution in [-0.4, -0.2) is 24.5 Å². The molecule has 4 heteroatoms. The number of hydrogen-bond donors (Lipinski definition) is 1. The third kappa shape index (κ3) is 3.05. The molecule has 1 rings (SSSR count). The standard InChI is InChI=1S/C9H15NO3/c1-6(2)3-4-13-9(12)7-5-8(11)10-7/h6-7H,3-5H2,1-2H3,(H,10,11)/t7-/m1/s1. The van der Waals surface area contributed by atoms with Gasteiger partial charge in [0.2, 0.25) is 5.91 Å². The minimum Gasteiger partial charge on any atom is -0.464 e. The van der Waals surface area contributed by atoms with E-state index >= 15 is 0 Å². The van der Waals surface area contributed by atoms with Crippen LogP contribution in [0, 0.1) is 5.92 Å². The largest absolute Gasteiger partial charge is 0.464 e. The zero-order chi connectivity index (χ0) is 9.84. The number of hydrogen-bond acceptors (Lipinski definition) is 3. The van der Waals surface area contributed by atoms with Crippen LogP contribution < -0.4 is 5.32 Å². The lowest BCUT2D eigenvalue weighted by molar-refractivity contribution is -0.153. The third-order valence-corrected chi connectivity index (χ3v) is 1.95. The molecule has 1 N–H and O–H groups in total. The Bertz CT molecular complexity index is 205. The highest BCUT2D eigenvalue weighted by Gasteiger charge is 2.32. The van der Waals surface area contributed by atoms with E-state index in [-0.39, 0.29) is 24.3 Å². The van der Waals surface area contributed by atoms with E-state index in [1.165, 1.54) is 0 Å². The third-order valence-electron chi connectivity index (χ3n) is 1.95. The van der Waals surface area contributed by atoms with Gasteiger partial charge < -0.3 is 10.1 Å². The summed E-state index contributed by atoms with van der Waals surface area (Å²) in [6, 6.07) is -0.389. The highest BCUT2D eigenvalue weighted by Crippen LogP contribution is 2.07. The number of nitrogens with one attached hydrogen (secondary N) is 1. The van der Waals surface area contributed by atoms with E-state index < -0.39 is 0 Å². The Hall–Kier alpha value is -1.06. The van der Waals surface area contributed by atoms with Crippen molar-refractivity contribution in [3.8, 4) is 0 Å². The topological polar surface area (TPSA) is 55.4 Å². The van der Waals surface area contributed by atoms with Gasteiger partial charge in [-0.25, -0.2) is 4.79 Å². The molecule has 0 aromatic heterocycles. The first kappa shape index (κ1) is 10.0. The molecule has 1 atom stereocenters. The number of esters is 1. The van der Waals surface area contributed by atoms with E-state index in [1.54, 1.807) is 0 Å². The maximum atomic E-state index is 11.1. The average Bonchev–Trinajstić information content (AvgIpc) is 1.97. The van der Waals surface area contributed by atoms with Crippen LogP contribution >= 0.6 is 0 Å². The summed E-state index contributed by atoms with van der Waals surface area (Å²) < 4.78 is 4.95. The lowest BCUT2D eigenvalue weighted by atomic mass is 10.1. The Labute approximate surface area is 77.6 Å². The Morgan fingerprint density at radius 1 is 1.69 bits per heavy atom. The summed E-state index contributed by atoms with van der Waals surface area (Å²) in [5, 5.41) is 2.47. The predicted molar refractivity (Wildman–Crippen MR) is 47.0 cm³/mol. The summed E-state index contributed by atoms with van der Waals surface area (Å²) in [6.45, 7) is 4.58. The first-order valence-corrected chi connectivity index (χ1v) is 4.55. The van der Waals surface area contributed by atoms with Gasteiger partial charge in [-0.15, -0.1) is 0 Å². The summed E-state index contributed by atoms with van der Waals surface area (Å²) in [7, 11) is 0. The van der Waals surface area contributed by atoms with E-state index in [4.69, 9.17) is 4.74 Å². The number of carbonyl (C=O) groups excluding carboxylic acids is 2. The Morgan fingerprint density at radius 3 is 2.77 bits per heavy atom. The van der Waals surface area contributed by atoms with Gasteiger partial charge in [0.25, 0.3) is 0 Å². The first-order valence-electron chi connectivity index (χ1n) is 4.55. The fraction of sp³-hybridized carbons (Fsp3) is 0.778. The van der Waals surface area contributed by atoms with Crippen molar-refractivity contribution >= 4 is 11.9 Å². The summed E-state index contributed by atoms with van der Waals surface area (Å²) in [4.78, 5) is 21.6. The van der Waals surface area contributed by atoms with Gasteiger partial charge in [0.1, 0.15) is 6.04 Å². The minimum atomic E-state index is -0.389. The van der Waals surface area contributed by atoms with Crippen LogP contribution in [0.4, 0.5) is 0 Å². The maximum absolute atomic E-state index is 11.1. The lowest BCUT2D eigenvalue weighted by Gasteiger charge is -2.24. The van der Waals surface area contributed by atoms with Crippen LogP contribution in [0.2, 0.25) is 0 Å². The minimum absolute atomic E-state index is 0.0780. The molecule has 0 unspecified atom stereocenters. The fourth-order valence-electron chi connectivity index (χ4n) is 0.997. The van der Waals surface area contributed by atoms with Crippen molar-refractivity contribution < 1.29 is 14.3 Å². The maximum Gasteiger partial charge on any atom is 0.329 e. The van der Waals surface area contributed by atoms with Crippen molar-refractivity contribution in [1.82, 2.24) is 5.32 Å². The molecule has 4 nitrogen and oxygen atoms in total. The number of amides is 1. The van der Waals surface area contributed by atoms with Crippen LogP contribution in [0.3, 0.4) is 0 Å². The Balaban J connectivity index is 2.08. The molecule has 0 bridgehead atoms. The van der Waals surface area contributed by atoms with Gasteiger partial charge in [-0.2, -0.15) is 0 Å². The second kappa shape index (κ2) is 4.25. The molecule has 1 amide bonds. The van der Waals surface area contributed by atoms with Crippen molar-refractivity contribution in [3.63, 3.8) is 0 Å². The van der Waals surface area contributed by atoms with Crippen molar-refractivity contribution in [2.75, 3.05) is 6.61 Å². The molecule has 0 aliphatic carbocycles. The molecule has 0 aromatic carbocycles. The fourth-order valence-corrected chi connectivity index (χ4v) is 0.997. The molecule has 74 valence electrons. The molecule has 0 aromatic rings. The second-order valence-corrected chi connectivity index (χ2v) is 3.67. The van der Waals surface area contributed by atoms with Crippen molar-refractivity contribution in [2.45, 2.75) is 32.7 Å². The lowest BCUT2D eigenvalue weighted by Crippen LogP contribution is -2.53. The molecule has 0 radical (unpaired) electrons. The van der Waals surface area contributed by atoms with Crippen LogP contribution in [0.25, 0.3) is 0 Å². The highest BCUT2D eigenvalue weighted by atomic mass is 16.5. The normalized spacial score (nSPS) is 20.8. The molecule has 1 aliphatic heterocycles. The van der Waals surface area contributed by atoms with Gasteiger partial charge in [0.15, 0.2) is 0 Å². The SMILES string of the molecule is CC(C)CCOC(=O)[C@H]1CC(=O)N1. The van der Waals surface area contributed by atoms with Crippen LogP contribution in [0.5, 0.6) is 0 Å². The molecule has 1 aliphatic rings. The van der Waals surface area contributed by atoms with Crippen LogP contribution in [0.1, 0.15) is 26.7 Å². The summed E-state index contributed by atoms with van der Waals surface area (Å²) >= 11 is 0. The van der Waals surface area contributed by atoms with Gasteiger partial charge in [-0.3, -0.25) is 4.79 Å². The number of rotatable bonds is 4. The smallest absolute Gasteiger partial charge is 0.329 e. The van der Waals surface area contributed by atoms with Gasteiger partial charge in [0, 0.05) is 0 Å². The molecule has 13 heavy (non-hydrogen) atoms. The molecule has 1 fully saturated rings. The summed E-state index contributed by atoms with van der Waals surface area (Å²) in [5.41, 5.74) is 0. The Morgan fingerprint density at radius 2 is 2.31 bits per heavy atom. The van der Waals surface area contributed by atoms with E-state index in [9.17, 15) is 9.59 Å².